The first-order valence-corrected chi connectivity index (χ1v) is 5.40. The van der Waals surface area contributed by atoms with Crippen LogP contribution in [0.5, 0.6) is 5.75 Å². The molecule has 2 heteroatoms. The van der Waals surface area contributed by atoms with Gasteiger partial charge in [-0.1, -0.05) is 18.2 Å². The SMILES string of the molecule is C=CCCNCc1cccc(OCC)c1. The number of hydrogen-bond donors (Lipinski definition) is 1. The van der Waals surface area contributed by atoms with Crippen LogP contribution < -0.4 is 10.1 Å². The predicted octanol–water partition coefficient (Wildman–Crippen LogP) is 2.75. The highest BCUT2D eigenvalue weighted by Crippen LogP contribution is 2.12. The van der Waals surface area contributed by atoms with Crippen molar-refractivity contribution in [3.63, 3.8) is 0 Å². The standard InChI is InChI=1S/C13H19NO/c1-3-5-9-14-11-12-7-6-8-13(10-12)15-4-2/h3,6-8,10,14H,1,4-5,9,11H2,2H3. The molecule has 0 atom stereocenters. The van der Waals surface area contributed by atoms with Gasteiger partial charge in [-0.25, -0.2) is 0 Å². The number of hydrogen-bond acceptors (Lipinski definition) is 2. The van der Waals surface area contributed by atoms with Crippen LogP contribution in [0.4, 0.5) is 0 Å². The second-order valence-electron chi connectivity index (χ2n) is 3.33. The summed E-state index contributed by atoms with van der Waals surface area (Å²) in [6, 6.07) is 8.18. The largest absolute Gasteiger partial charge is 0.494 e. The number of nitrogens with one attached hydrogen (secondary N) is 1. The van der Waals surface area contributed by atoms with E-state index >= 15 is 0 Å². The van der Waals surface area contributed by atoms with E-state index in [1.165, 1.54) is 5.56 Å². The third kappa shape index (κ3) is 4.66. The van der Waals surface area contributed by atoms with E-state index in [0.29, 0.717) is 6.61 Å². The Hall–Kier alpha value is -1.28. The van der Waals surface area contributed by atoms with Gasteiger partial charge in [-0.05, 0) is 37.6 Å². The molecule has 0 saturated carbocycles. The summed E-state index contributed by atoms with van der Waals surface area (Å²) in [6.07, 6.45) is 2.93. The van der Waals surface area contributed by atoms with Gasteiger partial charge in [0.2, 0.25) is 0 Å². The summed E-state index contributed by atoms with van der Waals surface area (Å²) in [5.74, 6) is 0.945. The fourth-order valence-corrected chi connectivity index (χ4v) is 1.35. The Bertz CT molecular complexity index is 296. The van der Waals surface area contributed by atoms with E-state index in [0.717, 1.165) is 25.3 Å². The molecule has 1 aromatic carbocycles. The van der Waals surface area contributed by atoms with Gasteiger partial charge in [0.05, 0.1) is 6.61 Å². The molecule has 0 aliphatic rings. The molecule has 0 aliphatic carbocycles. The van der Waals surface area contributed by atoms with Crippen LogP contribution in [-0.2, 0) is 6.54 Å². The maximum atomic E-state index is 5.43. The highest BCUT2D eigenvalue weighted by molar-refractivity contribution is 5.28. The first kappa shape index (κ1) is 11.8. The third-order valence-electron chi connectivity index (χ3n) is 2.06. The minimum absolute atomic E-state index is 0.716. The van der Waals surface area contributed by atoms with Crippen LogP contribution in [0.1, 0.15) is 18.9 Å². The highest BCUT2D eigenvalue weighted by Gasteiger charge is 1.95. The zero-order valence-electron chi connectivity index (χ0n) is 9.33. The Labute approximate surface area is 92.0 Å². The van der Waals surface area contributed by atoms with Crippen LogP contribution in [-0.4, -0.2) is 13.2 Å². The second kappa shape index (κ2) is 7.07. The third-order valence-corrected chi connectivity index (χ3v) is 2.06. The van der Waals surface area contributed by atoms with Crippen LogP contribution in [0.25, 0.3) is 0 Å². The highest BCUT2D eigenvalue weighted by atomic mass is 16.5. The molecular formula is C13H19NO. The molecule has 0 unspecified atom stereocenters. The van der Waals surface area contributed by atoms with Crippen LogP contribution in [0, 0.1) is 0 Å². The Morgan fingerprint density at radius 2 is 2.33 bits per heavy atom. The predicted molar refractivity (Wildman–Crippen MR) is 64.1 cm³/mol. The van der Waals surface area contributed by atoms with Gasteiger partial charge < -0.3 is 10.1 Å². The summed E-state index contributed by atoms with van der Waals surface area (Å²) in [4.78, 5) is 0. The molecule has 0 fully saturated rings. The maximum Gasteiger partial charge on any atom is 0.119 e. The molecule has 1 rings (SSSR count). The number of benzene rings is 1. The van der Waals surface area contributed by atoms with Crippen molar-refractivity contribution < 1.29 is 4.74 Å². The lowest BCUT2D eigenvalue weighted by atomic mass is 10.2. The lowest BCUT2D eigenvalue weighted by molar-refractivity contribution is 0.340. The summed E-state index contributed by atoms with van der Waals surface area (Å²) in [5.41, 5.74) is 1.25. The van der Waals surface area contributed by atoms with Gasteiger partial charge in [-0.3, -0.25) is 0 Å². The lowest BCUT2D eigenvalue weighted by Gasteiger charge is -2.06. The fraction of sp³-hybridized carbons (Fsp3) is 0.385. The van der Waals surface area contributed by atoms with Crippen molar-refractivity contribution >= 4 is 0 Å². The molecule has 1 aromatic rings. The summed E-state index contributed by atoms with van der Waals surface area (Å²) in [7, 11) is 0. The zero-order chi connectivity index (χ0) is 10.9. The van der Waals surface area contributed by atoms with Crippen molar-refractivity contribution in [2.75, 3.05) is 13.2 Å². The molecule has 0 spiro atoms. The Balaban J connectivity index is 2.39. The zero-order valence-corrected chi connectivity index (χ0v) is 9.33. The minimum atomic E-state index is 0.716. The average Bonchev–Trinajstić information content (AvgIpc) is 2.26. The molecule has 0 saturated heterocycles. The summed E-state index contributed by atoms with van der Waals surface area (Å²) < 4.78 is 5.43. The van der Waals surface area contributed by atoms with Crippen LogP contribution in [0.3, 0.4) is 0 Å². The lowest BCUT2D eigenvalue weighted by Crippen LogP contribution is -2.13. The van der Waals surface area contributed by atoms with Crippen molar-refractivity contribution in [1.29, 1.82) is 0 Å². The van der Waals surface area contributed by atoms with Gasteiger partial charge >= 0.3 is 0 Å². The molecule has 0 amide bonds. The molecule has 15 heavy (non-hydrogen) atoms. The van der Waals surface area contributed by atoms with E-state index in [2.05, 4.69) is 24.0 Å². The minimum Gasteiger partial charge on any atom is -0.494 e. The van der Waals surface area contributed by atoms with Gasteiger partial charge in [0.25, 0.3) is 0 Å². The maximum absolute atomic E-state index is 5.43. The van der Waals surface area contributed by atoms with Gasteiger partial charge in [-0.2, -0.15) is 0 Å². The topological polar surface area (TPSA) is 21.3 Å². The van der Waals surface area contributed by atoms with E-state index in [4.69, 9.17) is 4.74 Å². The van der Waals surface area contributed by atoms with Crippen molar-refractivity contribution in [1.82, 2.24) is 5.32 Å². The fourth-order valence-electron chi connectivity index (χ4n) is 1.35. The van der Waals surface area contributed by atoms with Crippen molar-refractivity contribution in [2.24, 2.45) is 0 Å². The molecule has 0 aromatic heterocycles. The van der Waals surface area contributed by atoms with Crippen LogP contribution >= 0.6 is 0 Å². The monoisotopic (exact) mass is 205 g/mol. The van der Waals surface area contributed by atoms with Crippen LogP contribution in [0.15, 0.2) is 36.9 Å². The normalized spacial score (nSPS) is 9.93. The smallest absolute Gasteiger partial charge is 0.119 e. The summed E-state index contributed by atoms with van der Waals surface area (Å²) in [6.45, 7) is 8.25. The number of rotatable bonds is 7. The van der Waals surface area contributed by atoms with E-state index < -0.39 is 0 Å². The quantitative estimate of drug-likeness (QED) is 0.546. The Morgan fingerprint density at radius 1 is 1.47 bits per heavy atom. The molecule has 0 aliphatic heterocycles. The van der Waals surface area contributed by atoms with Gasteiger partial charge in [0.15, 0.2) is 0 Å². The summed E-state index contributed by atoms with van der Waals surface area (Å²) >= 11 is 0. The summed E-state index contributed by atoms with van der Waals surface area (Å²) in [5, 5.41) is 3.35. The van der Waals surface area contributed by atoms with E-state index in [1.807, 2.05) is 25.1 Å². The van der Waals surface area contributed by atoms with Crippen molar-refractivity contribution in [2.45, 2.75) is 19.9 Å². The Morgan fingerprint density at radius 3 is 3.07 bits per heavy atom. The van der Waals surface area contributed by atoms with Gasteiger partial charge in [-0.15, -0.1) is 6.58 Å². The molecule has 0 radical (unpaired) electrons. The average molecular weight is 205 g/mol. The molecule has 0 bridgehead atoms. The van der Waals surface area contributed by atoms with Gasteiger partial charge in [0.1, 0.15) is 5.75 Å². The first-order valence-electron chi connectivity index (χ1n) is 5.40. The van der Waals surface area contributed by atoms with Crippen molar-refractivity contribution in [3.8, 4) is 5.75 Å². The Kier molecular flexibility index (Phi) is 5.56. The molecule has 0 heterocycles. The molecule has 2 nitrogen and oxygen atoms in total. The van der Waals surface area contributed by atoms with E-state index in [9.17, 15) is 0 Å². The van der Waals surface area contributed by atoms with E-state index in [-0.39, 0.29) is 0 Å². The second-order valence-corrected chi connectivity index (χ2v) is 3.33. The molecular weight excluding hydrogens is 186 g/mol. The van der Waals surface area contributed by atoms with E-state index in [1.54, 1.807) is 0 Å². The van der Waals surface area contributed by atoms with Crippen molar-refractivity contribution in [3.05, 3.63) is 42.5 Å². The van der Waals surface area contributed by atoms with Crippen LogP contribution in [0.2, 0.25) is 0 Å². The number of ether oxygens (including phenoxy) is 1. The van der Waals surface area contributed by atoms with Gasteiger partial charge in [0, 0.05) is 6.54 Å². The molecule has 82 valence electrons. The first-order chi connectivity index (χ1) is 7.36. The molecule has 1 N–H and O–H groups in total.